The van der Waals surface area contributed by atoms with Crippen LogP contribution in [0.5, 0.6) is 5.75 Å². The van der Waals surface area contributed by atoms with E-state index in [9.17, 15) is 0 Å². The largest absolute Gasteiger partial charge is 0.489 e. The number of halogens is 1. The lowest BCUT2D eigenvalue weighted by Crippen LogP contribution is -2.42. The average Bonchev–Trinajstić information content (AvgIpc) is 3.52. The lowest BCUT2D eigenvalue weighted by Gasteiger charge is -2.36. The third kappa shape index (κ3) is 5.50. The van der Waals surface area contributed by atoms with Crippen molar-refractivity contribution in [2.45, 2.75) is 70.6 Å². The Morgan fingerprint density at radius 3 is 2.69 bits per heavy atom. The third-order valence-corrected chi connectivity index (χ3v) is 7.35. The second-order valence-corrected chi connectivity index (χ2v) is 10.0. The van der Waals surface area contributed by atoms with E-state index in [2.05, 4.69) is 49.8 Å². The number of piperidine rings is 1. The molecule has 2 fully saturated rings. The van der Waals surface area contributed by atoms with Gasteiger partial charge in [0, 0.05) is 50.4 Å². The number of hydrogen-bond acceptors (Lipinski definition) is 6. The van der Waals surface area contributed by atoms with Gasteiger partial charge in [0.1, 0.15) is 23.7 Å². The summed E-state index contributed by atoms with van der Waals surface area (Å²) in [4.78, 5) is 11.2. The molecule has 7 nitrogen and oxygen atoms in total. The number of aromatic nitrogens is 3. The molecule has 1 aliphatic carbocycles. The third-order valence-electron chi connectivity index (χ3n) is 7.05. The van der Waals surface area contributed by atoms with Crippen LogP contribution in [0, 0.1) is 0 Å². The number of likely N-dealkylation sites (tertiary alicyclic amines) is 1. The number of benzene rings is 1. The number of hydrogen-bond donors (Lipinski definition) is 2. The van der Waals surface area contributed by atoms with Crippen molar-refractivity contribution in [2.24, 2.45) is 0 Å². The van der Waals surface area contributed by atoms with Crippen molar-refractivity contribution in [2.75, 3.05) is 18.4 Å². The van der Waals surface area contributed by atoms with Crippen molar-refractivity contribution in [3.05, 3.63) is 54.2 Å². The van der Waals surface area contributed by atoms with Crippen LogP contribution in [0.1, 0.15) is 51.9 Å². The molecule has 2 aromatic heterocycles. The Balaban J connectivity index is 1.19. The molecule has 1 aliphatic heterocycles. The second-order valence-electron chi connectivity index (χ2n) is 9.61. The molecule has 35 heavy (non-hydrogen) atoms. The molecular formula is C27H35ClN6O. The maximum atomic E-state index is 6.63. The van der Waals surface area contributed by atoms with E-state index in [0.29, 0.717) is 11.1 Å². The van der Waals surface area contributed by atoms with Crippen LogP contribution in [0.2, 0.25) is 5.02 Å². The zero-order chi connectivity index (χ0) is 24.2. The van der Waals surface area contributed by atoms with Crippen LogP contribution in [0.15, 0.2) is 49.2 Å². The smallest absolute Gasteiger partial charge is 0.158 e. The first-order chi connectivity index (χ1) is 17.1. The van der Waals surface area contributed by atoms with Gasteiger partial charge in [-0.1, -0.05) is 37.9 Å². The Morgan fingerprint density at radius 1 is 1.14 bits per heavy atom. The van der Waals surface area contributed by atoms with Crippen molar-refractivity contribution in [3.8, 4) is 5.75 Å². The molecule has 186 valence electrons. The van der Waals surface area contributed by atoms with Gasteiger partial charge >= 0.3 is 0 Å². The summed E-state index contributed by atoms with van der Waals surface area (Å²) >= 11 is 6.63. The van der Waals surface area contributed by atoms with Gasteiger partial charge in [-0.25, -0.2) is 9.97 Å². The predicted octanol–water partition coefficient (Wildman–Crippen LogP) is 6.08. The zero-order valence-corrected chi connectivity index (χ0v) is 21.2. The van der Waals surface area contributed by atoms with Gasteiger partial charge in [-0.2, -0.15) is 0 Å². The first kappa shape index (κ1) is 23.8. The van der Waals surface area contributed by atoms with Crippen LogP contribution in [-0.2, 0) is 6.54 Å². The Bertz CT molecular complexity index is 1160. The summed E-state index contributed by atoms with van der Waals surface area (Å²) in [6.45, 7) is 9.25. The summed E-state index contributed by atoms with van der Waals surface area (Å²) in [7, 11) is 0. The summed E-state index contributed by atoms with van der Waals surface area (Å²) < 4.78 is 8.48. The van der Waals surface area contributed by atoms with Crippen LogP contribution in [0.25, 0.3) is 11.0 Å². The van der Waals surface area contributed by atoms with Gasteiger partial charge in [0.05, 0.1) is 16.4 Å². The number of nitrogens with one attached hydrogen (secondary N) is 2. The fourth-order valence-corrected chi connectivity index (χ4v) is 5.41. The highest BCUT2D eigenvalue weighted by Gasteiger charge is 2.24. The first-order valence-corrected chi connectivity index (χ1v) is 13.2. The molecule has 0 atom stereocenters. The molecule has 0 spiro atoms. The van der Waals surface area contributed by atoms with Gasteiger partial charge in [-0.05, 0) is 43.5 Å². The molecule has 1 saturated heterocycles. The van der Waals surface area contributed by atoms with E-state index in [-0.39, 0.29) is 6.10 Å². The average molecular weight is 495 g/mol. The van der Waals surface area contributed by atoms with E-state index in [1.807, 2.05) is 24.3 Å². The van der Waals surface area contributed by atoms with Crippen molar-refractivity contribution in [1.82, 2.24) is 24.8 Å². The summed E-state index contributed by atoms with van der Waals surface area (Å²) in [5, 5.41) is 7.63. The lowest BCUT2D eigenvalue weighted by molar-refractivity contribution is 0.113. The van der Waals surface area contributed by atoms with E-state index >= 15 is 0 Å². The van der Waals surface area contributed by atoms with Crippen molar-refractivity contribution < 1.29 is 4.74 Å². The normalized spacial score (nSPS) is 17.1. The summed E-state index contributed by atoms with van der Waals surface area (Å²) in [5.41, 5.74) is 2.80. The lowest BCUT2D eigenvalue weighted by atomic mass is 10.1. The molecule has 3 heterocycles. The molecule has 0 amide bonds. The predicted molar refractivity (Wildman–Crippen MR) is 142 cm³/mol. The minimum Gasteiger partial charge on any atom is -0.489 e. The standard InChI is InChI=1S/C27H35ClN6O/c1-3-13-34-16-12-24-26(34)27(30-18-29-24)32-21-8-9-25(23(28)17-21)35-22-10-14-33(15-11-22)19(2)31-20-6-4-5-7-20/h8-9,12,16-18,20,22,31H,2-7,10-11,13-15H2,1H3,(H,29,30,32). The molecular weight excluding hydrogens is 460 g/mol. The summed E-state index contributed by atoms with van der Waals surface area (Å²) in [5.74, 6) is 2.56. The molecule has 1 aromatic carbocycles. The Hall–Kier alpha value is -2.93. The minimum atomic E-state index is 0.153. The van der Waals surface area contributed by atoms with E-state index < -0.39 is 0 Å². The molecule has 5 rings (SSSR count). The number of nitrogens with zero attached hydrogens (tertiary/aromatic N) is 4. The fourth-order valence-electron chi connectivity index (χ4n) is 5.18. The van der Waals surface area contributed by atoms with Crippen molar-refractivity contribution >= 4 is 34.1 Å². The van der Waals surface area contributed by atoms with Gasteiger partial charge in [0.2, 0.25) is 0 Å². The molecule has 3 aromatic rings. The van der Waals surface area contributed by atoms with E-state index in [0.717, 1.165) is 73.0 Å². The monoisotopic (exact) mass is 494 g/mol. The Morgan fingerprint density at radius 2 is 1.94 bits per heavy atom. The van der Waals surface area contributed by atoms with Crippen molar-refractivity contribution in [1.29, 1.82) is 0 Å². The molecule has 2 aliphatic rings. The van der Waals surface area contributed by atoms with Crippen LogP contribution < -0.4 is 15.4 Å². The molecule has 0 bridgehead atoms. The van der Waals surface area contributed by atoms with Gasteiger partial charge in [0.15, 0.2) is 5.82 Å². The maximum absolute atomic E-state index is 6.63. The summed E-state index contributed by atoms with van der Waals surface area (Å²) in [6.07, 6.45) is 11.9. The zero-order valence-electron chi connectivity index (χ0n) is 20.5. The topological polar surface area (TPSA) is 67.2 Å². The minimum absolute atomic E-state index is 0.153. The van der Waals surface area contributed by atoms with Crippen LogP contribution in [0.3, 0.4) is 0 Å². The highest BCUT2D eigenvalue weighted by Crippen LogP contribution is 2.32. The van der Waals surface area contributed by atoms with E-state index in [1.165, 1.54) is 25.7 Å². The van der Waals surface area contributed by atoms with E-state index in [1.54, 1.807) is 6.33 Å². The Labute approximate surface area is 212 Å². The van der Waals surface area contributed by atoms with Gasteiger partial charge in [-0.15, -0.1) is 0 Å². The highest BCUT2D eigenvalue weighted by atomic mass is 35.5. The number of ether oxygens (including phenoxy) is 1. The molecule has 8 heteroatoms. The maximum Gasteiger partial charge on any atom is 0.158 e. The molecule has 0 unspecified atom stereocenters. The fraction of sp³-hybridized carbons (Fsp3) is 0.481. The van der Waals surface area contributed by atoms with Gasteiger partial charge < -0.3 is 24.8 Å². The van der Waals surface area contributed by atoms with Crippen LogP contribution in [-0.4, -0.2) is 44.7 Å². The number of rotatable bonds is 9. The number of anilines is 2. The quantitative estimate of drug-likeness (QED) is 0.375. The Kier molecular flexibility index (Phi) is 7.32. The van der Waals surface area contributed by atoms with E-state index in [4.69, 9.17) is 16.3 Å². The first-order valence-electron chi connectivity index (χ1n) is 12.8. The highest BCUT2D eigenvalue weighted by molar-refractivity contribution is 6.32. The molecule has 2 N–H and O–H groups in total. The molecule has 1 saturated carbocycles. The second kappa shape index (κ2) is 10.8. The SMILES string of the molecule is C=C(NC1CCCC1)N1CCC(Oc2ccc(Nc3ncnc4ccn(CCC)c34)cc2Cl)CC1. The van der Waals surface area contributed by atoms with Gasteiger partial charge in [-0.3, -0.25) is 0 Å². The number of fused-ring (bicyclic) bond motifs is 1. The van der Waals surface area contributed by atoms with Gasteiger partial charge in [0.25, 0.3) is 0 Å². The number of aryl methyl sites for hydroxylation is 1. The summed E-state index contributed by atoms with van der Waals surface area (Å²) in [6, 6.07) is 8.45. The van der Waals surface area contributed by atoms with Crippen LogP contribution in [0.4, 0.5) is 11.5 Å². The van der Waals surface area contributed by atoms with Crippen molar-refractivity contribution in [3.63, 3.8) is 0 Å². The van der Waals surface area contributed by atoms with Crippen LogP contribution >= 0.6 is 11.6 Å². The molecule has 0 radical (unpaired) electrons.